The van der Waals surface area contributed by atoms with Gasteiger partial charge in [0.05, 0.1) is 5.69 Å². The van der Waals surface area contributed by atoms with Gasteiger partial charge in [-0.2, -0.15) is 0 Å². The van der Waals surface area contributed by atoms with Gasteiger partial charge in [-0.1, -0.05) is 43.6 Å². The van der Waals surface area contributed by atoms with Crippen molar-refractivity contribution in [3.05, 3.63) is 76.6 Å². The van der Waals surface area contributed by atoms with Crippen LogP contribution in [-0.2, 0) is 11.2 Å². The number of aldehydes is 1. The quantitative estimate of drug-likeness (QED) is 0.367. The van der Waals surface area contributed by atoms with Crippen molar-refractivity contribution in [1.29, 1.82) is 0 Å². The maximum atomic E-state index is 10.7. The van der Waals surface area contributed by atoms with Gasteiger partial charge in [0.25, 0.3) is 0 Å². The zero-order valence-corrected chi connectivity index (χ0v) is 19.8. The highest BCUT2D eigenvalue weighted by atomic mass is 35.5. The molecular weight excluding hydrogens is 408 g/mol. The van der Waals surface area contributed by atoms with Gasteiger partial charge in [0, 0.05) is 16.7 Å². The summed E-state index contributed by atoms with van der Waals surface area (Å²) in [7, 11) is 0. The number of rotatable bonds is 9. The van der Waals surface area contributed by atoms with E-state index in [2.05, 4.69) is 30.9 Å². The van der Waals surface area contributed by atoms with Crippen LogP contribution in [0.3, 0.4) is 0 Å². The monoisotopic (exact) mass is 442 g/mol. The standard InChI is InChI=1S/C15H24ClN.C10H9NO.CH2O/c1-3-11-17(12-4-2)13-5-6-14-7-9-15(16)10-8-14;1-8-6-9-4-2-3-5-11(9)10(8)7-12;1-2/h7-10H,3-6,11-13H2,1-2H3;2-7H,1H3;1H2. The fraction of sp³-hybridized carbons (Fsp3) is 0.385. The first-order chi connectivity index (χ1) is 15.1. The highest BCUT2D eigenvalue weighted by Crippen LogP contribution is 2.13. The molecule has 4 nitrogen and oxygen atoms in total. The number of halogens is 1. The summed E-state index contributed by atoms with van der Waals surface area (Å²) >= 11 is 5.87. The van der Waals surface area contributed by atoms with Crippen molar-refractivity contribution in [2.45, 2.75) is 46.5 Å². The van der Waals surface area contributed by atoms with E-state index in [9.17, 15) is 4.79 Å². The number of aromatic nitrogens is 1. The van der Waals surface area contributed by atoms with E-state index in [1.165, 1.54) is 44.5 Å². The van der Waals surface area contributed by atoms with Gasteiger partial charge < -0.3 is 14.1 Å². The Bertz CT molecular complexity index is 884. The summed E-state index contributed by atoms with van der Waals surface area (Å²) in [6.45, 7) is 12.1. The van der Waals surface area contributed by atoms with E-state index < -0.39 is 0 Å². The Kier molecular flexibility index (Phi) is 13.2. The van der Waals surface area contributed by atoms with Gasteiger partial charge in [0.1, 0.15) is 6.79 Å². The molecule has 31 heavy (non-hydrogen) atoms. The van der Waals surface area contributed by atoms with Crippen LogP contribution in [-0.4, -0.2) is 42.0 Å². The number of benzene rings is 1. The van der Waals surface area contributed by atoms with Gasteiger partial charge >= 0.3 is 0 Å². The zero-order chi connectivity index (χ0) is 23.1. The van der Waals surface area contributed by atoms with E-state index in [-0.39, 0.29) is 0 Å². The fourth-order valence-corrected chi connectivity index (χ4v) is 3.68. The lowest BCUT2D eigenvalue weighted by Gasteiger charge is -2.20. The highest BCUT2D eigenvalue weighted by Gasteiger charge is 2.03. The van der Waals surface area contributed by atoms with Crippen LogP contribution in [0.5, 0.6) is 0 Å². The van der Waals surface area contributed by atoms with Gasteiger partial charge in [-0.3, -0.25) is 4.79 Å². The molecule has 0 spiro atoms. The predicted octanol–water partition coefficient (Wildman–Crippen LogP) is 6.27. The number of hydrogen-bond donors (Lipinski definition) is 0. The number of nitrogens with zero attached hydrogens (tertiary/aromatic N) is 2. The molecular formula is C26H35ClN2O2. The third kappa shape index (κ3) is 9.07. The highest BCUT2D eigenvalue weighted by molar-refractivity contribution is 6.30. The number of aryl methyl sites for hydroxylation is 2. The fourth-order valence-electron chi connectivity index (χ4n) is 3.55. The van der Waals surface area contributed by atoms with Crippen molar-refractivity contribution in [3.63, 3.8) is 0 Å². The second kappa shape index (κ2) is 15.4. The SMILES string of the molecule is C=O.CCCN(CCC)CCCc1ccc(Cl)cc1.Cc1cc2ccccn2c1C=O. The summed E-state index contributed by atoms with van der Waals surface area (Å²) in [6.07, 6.45) is 7.68. The molecule has 0 aliphatic rings. The molecule has 0 N–H and O–H groups in total. The van der Waals surface area contributed by atoms with E-state index in [0.717, 1.165) is 34.5 Å². The van der Waals surface area contributed by atoms with Crippen LogP contribution >= 0.6 is 11.6 Å². The maximum Gasteiger partial charge on any atom is 0.167 e. The summed E-state index contributed by atoms with van der Waals surface area (Å²) in [5.74, 6) is 0. The molecule has 5 heteroatoms. The second-order valence-electron chi connectivity index (χ2n) is 7.40. The molecule has 0 saturated carbocycles. The minimum absolute atomic E-state index is 0.741. The molecule has 2 heterocycles. The van der Waals surface area contributed by atoms with Crippen molar-refractivity contribution >= 4 is 30.2 Å². The predicted molar refractivity (Wildman–Crippen MR) is 131 cm³/mol. The van der Waals surface area contributed by atoms with Gasteiger partial charge in [0.15, 0.2) is 6.29 Å². The van der Waals surface area contributed by atoms with E-state index in [1.54, 1.807) is 0 Å². The lowest BCUT2D eigenvalue weighted by molar-refractivity contribution is -0.0980. The Balaban J connectivity index is 0.000000300. The van der Waals surface area contributed by atoms with E-state index in [4.69, 9.17) is 16.4 Å². The zero-order valence-electron chi connectivity index (χ0n) is 19.0. The first-order valence-corrected chi connectivity index (χ1v) is 11.2. The van der Waals surface area contributed by atoms with Crippen LogP contribution < -0.4 is 0 Å². The Morgan fingerprint density at radius 2 is 1.65 bits per heavy atom. The first kappa shape index (κ1) is 26.6. The van der Waals surface area contributed by atoms with Crippen LogP contribution in [0, 0.1) is 6.92 Å². The van der Waals surface area contributed by atoms with Gasteiger partial charge in [-0.05, 0) is 93.7 Å². The third-order valence-corrected chi connectivity index (χ3v) is 5.22. The molecule has 0 aliphatic carbocycles. The first-order valence-electron chi connectivity index (χ1n) is 10.9. The van der Waals surface area contributed by atoms with Crippen molar-refractivity contribution in [1.82, 2.24) is 9.30 Å². The van der Waals surface area contributed by atoms with Gasteiger partial charge in [-0.15, -0.1) is 0 Å². The smallest absolute Gasteiger partial charge is 0.167 e. The minimum atomic E-state index is 0.741. The Morgan fingerprint density at radius 3 is 2.23 bits per heavy atom. The van der Waals surface area contributed by atoms with Crippen LogP contribution in [0.4, 0.5) is 0 Å². The second-order valence-corrected chi connectivity index (χ2v) is 7.83. The summed E-state index contributed by atoms with van der Waals surface area (Å²) in [5.41, 5.74) is 4.22. The minimum Gasteiger partial charge on any atom is -0.314 e. The van der Waals surface area contributed by atoms with Crippen LogP contribution in [0.2, 0.25) is 5.02 Å². The number of pyridine rings is 1. The molecule has 0 fully saturated rings. The molecule has 0 unspecified atom stereocenters. The number of fused-ring (bicyclic) bond motifs is 1. The average molecular weight is 443 g/mol. The molecule has 168 valence electrons. The molecule has 0 atom stereocenters. The summed E-state index contributed by atoms with van der Waals surface area (Å²) < 4.78 is 1.89. The number of carbonyl (C=O) groups excluding carboxylic acids is 2. The van der Waals surface area contributed by atoms with Crippen LogP contribution in [0.25, 0.3) is 5.52 Å². The maximum absolute atomic E-state index is 10.7. The van der Waals surface area contributed by atoms with Crippen molar-refractivity contribution in [2.75, 3.05) is 19.6 Å². The van der Waals surface area contributed by atoms with Crippen molar-refractivity contribution in [2.24, 2.45) is 0 Å². The summed E-state index contributed by atoms with van der Waals surface area (Å²) in [5, 5.41) is 0.826. The van der Waals surface area contributed by atoms with Gasteiger partial charge in [-0.25, -0.2) is 0 Å². The molecule has 0 amide bonds. The Morgan fingerprint density at radius 1 is 1.00 bits per heavy atom. The van der Waals surface area contributed by atoms with E-state index in [1.807, 2.05) is 60.7 Å². The van der Waals surface area contributed by atoms with E-state index >= 15 is 0 Å². The molecule has 0 saturated heterocycles. The topological polar surface area (TPSA) is 41.8 Å². The summed E-state index contributed by atoms with van der Waals surface area (Å²) in [6, 6.07) is 16.1. The molecule has 3 aromatic rings. The third-order valence-electron chi connectivity index (χ3n) is 4.96. The Labute approximate surface area is 191 Å². The molecule has 1 aromatic carbocycles. The average Bonchev–Trinajstić information content (AvgIpc) is 3.12. The lowest BCUT2D eigenvalue weighted by Crippen LogP contribution is -2.26. The largest absolute Gasteiger partial charge is 0.314 e. The molecule has 3 rings (SSSR count). The molecule has 0 bridgehead atoms. The van der Waals surface area contributed by atoms with E-state index in [0.29, 0.717) is 0 Å². The summed E-state index contributed by atoms with van der Waals surface area (Å²) in [4.78, 5) is 21.2. The van der Waals surface area contributed by atoms with Crippen molar-refractivity contribution < 1.29 is 9.59 Å². The molecule has 0 aliphatic heterocycles. The molecule has 0 radical (unpaired) electrons. The Hall–Kier alpha value is -2.43. The number of hydrogen-bond acceptors (Lipinski definition) is 3. The van der Waals surface area contributed by atoms with Crippen molar-refractivity contribution in [3.8, 4) is 0 Å². The normalized spacial score (nSPS) is 10.2. The lowest BCUT2D eigenvalue weighted by atomic mass is 10.1. The number of carbonyl (C=O) groups is 2. The van der Waals surface area contributed by atoms with Crippen LogP contribution in [0.1, 0.15) is 54.7 Å². The molecule has 2 aromatic heterocycles. The van der Waals surface area contributed by atoms with Crippen LogP contribution in [0.15, 0.2) is 54.7 Å². The van der Waals surface area contributed by atoms with Gasteiger partial charge in [0.2, 0.25) is 0 Å².